The third kappa shape index (κ3) is 6.63. The molecule has 2 N–H and O–H groups in total. The third-order valence-corrected chi connectivity index (χ3v) is 12.1. The molecule has 0 heterocycles. The van der Waals surface area contributed by atoms with Gasteiger partial charge in [0, 0.05) is 40.7 Å². The maximum absolute atomic E-state index is 6.56. The summed E-state index contributed by atoms with van der Waals surface area (Å²) in [5.74, 6) is 0. The van der Waals surface area contributed by atoms with Crippen LogP contribution in [0.4, 0.5) is 34.1 Å². The van der Waals surface area contributed by atoms with Crippen LogP contribution in [0.2, 0.25) is 0 Å². The van der Waals surface area contributed by atoms with Crippen LogP contribution in [0.25, 0.3) is 54.6 Å². The van der Waals surface area contributed by atoms with Crippen molar-refractivity contribution < 1.29 is 0 Å². The Balaban J connectivity index is 1.07. The summed E-state index contributed by atoms with van der Waals surface area (Å²) in [6.07, 6.45) is 0. The van der Waals surface area contributed by atoms with Gasteiger partial charge in [-0.3, -0.25) is 0 Å². The summed E-state index contributed by atoms with van der Waals surface area (Å²) < 4.78 is 0. The highest BCUT2D eigenvalue weighted by Gasteiger charge is 2.19. The van der Waals surface area contributed by atoms with Crippen molar-refractivity contribution in [2.45, 2.75) is 34.2 Å². The summed E-state index contributed by atoms with van der Waals surface area (Å²) in [7, 11) is 0. The number of anilines is 6. The van der Waals surface area contributed by atoms with Crippen LogP contribution in [0.15, 0.2) is 188 Å². The standard InChI is InChI=1S/C57H47N3/c1-37-5-19-45(20-6-37)59(46-21-7-38(2)8-22-46)49-27-13-41(14-28-49)51-31-17-43-18-32-54-55(35-44(36-58)52-33-34-53(51)56(43)57(52)54)42-15-29-50(30-16-42)60(47-23-9-39(3)10-24-47)48-25-11-40(4)12-26-48/h5-35H,36,58H2,1-4H3. The first-order valence-electron chi connectivity index (χ1n) is 20.8. The number of aryl methyl sites for hydroxylation is 4. The highest BCUT2D eigenvalue weighted by molar-refractivity contribution is 6.28. The zero-order valence-electron chi connectivity index (χ0n) is 34.6. The van der Waals surface area contributed by atoms with Gasteiger partial charge in [0.05, 0.1) is 0 Å². The predicted octanol–water partition coefficient (Wildman–Crippen LogP) is 15.5. The van der Waals surface area contributed by atoms with E-state index in [1.807, 2.05) is 0 Å². The van der Waals surface area contributed by atoms with Crippen molar-refractivity contribution in [3.63, 3.8) is 0 Å². The molecule has 0 aromatic heterocycles. The Labute approximate surface area is 352 Å². The van der Waals surface area contributed by atoms with E-state index >= 15 is 0 Å². The Morgan fingerprint density at radius 2 is 0.667 bits per heavy atom. The van der Waals surface area contributed by atoms with Crippen LogP contribution in [0.1, 0.15) is 27.8 Å². The van der Waals surface area contributed by atoms with E-state index in [0.717, 1.165) is 39.7 Å². The summed E-state index contributed by atoms with van der Waals surface area (Å²) in [6, 6.07) is 69.1. The second-order valence-electron chi connectivity index (χ2n) is 16.3. The first-order valence-corrected chi connectivity index (χ1v) is 20.8. The number of benzene rings is 10. The molecular weight excluding hydrogens is 727 g/mol. The molecule has 0 saturated heterocycles. The van der Waals surface area contributed by atoms with Crippen LogP contribution in [0.5, 0.6) is 0 Å². The largest absolute Gasteiger partial charge is 0.326 e. The molecule has 3 nitrogen and oxygen atoms in total. The molecule has 0 saturated carbocycles. The molecule has 60 heavy (non-hydrogen) atoms. The van der Waals surface area contributed by atoms with Gasteiger partial charge in [-0.2, -0.15) is 0 Å². The minimum atomic E-state index is 0.459. The van der Waals surface area contributed by atoms with E-state index in [9.17, 15) is 0 Å². The zero-order valence-corrected chi connectivity index (χ0v) is 34.6. The molecule has 3 heteroatoms. The SMILES string of the molecule is Cc1ccc(N(c2ccc(C)cc2)c2ccc(-c3ccc4ccc5c(-c6ccc(N(c7ccc(C)cc7)c7ccc(C)cc7)cc6)cc(CN)c6ccc3c4c65)cc2)cc1. The van der Waals surface area contributed by atoms with Crippen molar-refractivity contribution >= 4 is 66.4 Å². The molecule has 0 radical (unpaired) electrons. The molecule has 0 unspecified atom stereocenters. The summed E-state index contributed by atoms with van der Waals surface area (Å²) in [6.45, 7) is 8.99. The molecule has 0 aliphatic heterocycles. The van der Waals surface area contributed by atoms with Crippen molar-refractivity contribution in [2.75, 3.05) is 9.80 Å². The highest BCUT2D eigenvalue weighted by Crippen LogP contribution is 2.45. The van der Waals surface area contributed by atoms with Gasteiger partial charge in [-0.05, 0) is 167 Å². The van der Waals surface area contributed by atoms with E-state index in [1.165, 1.54) is 76.8 Å². The highest BCUT2D eigenvalue weighted by atomic mass is 15.1. The number of nitrogens with two attached hydrogens (primary N) is 1. The average Bonchev–Trinajstić information content (AvgIpc) is 3.28. The van der Waals surface area contributed by atoms with Crippen LogP contribution < -0.4 is 15.5 Å². The lowest BCUT2D eigenvalue weighted by molar-refractivity contribution is 1.09. The van der Waals surface area contributed by atoms with Gasteiger partial charge in [0.25, 0.3) is 0 Å². The predicted molar refractivity (Wildman–Crippen MR) is 257 cm³/mol. The average molecular weight is 774 g/mol. The van der Waals surface area contributed by atoms with E-state index in [2.05, 4.69) is 226 Å². The lowest BCUT2D eigenvalue weighted by Gasteiger charge is -2.26. The normalized spacial score (nSPS) is 11.5. The van der Waals surface area contributed by atoms with E-state index in [0.29, 0.717) is 6.54 Å². The Bertz CT molecular complexity index is 3020. The van der Waals surface area contributed by atoms with Gasteiger partial charge in [-0.25, -0.2) is 0 Å². The summed E-state index contributed by atoms with van der Waals surface area (Å²) in [5, 5.41) is 7.49. The van der Waals surface area contributed by atoms with Crippen LogP contribution >= 0.6 is 0 Å². The second-order valence-corrected chi connectivity index (χ2v) is 16.3. The van der Waals surface area contributed by atoms with Crippen LogP contribution in [-0.2, 0) is 6.54 Å². The fourth-order valence-corrected chi connectivity index (χ4v) is 8.88. The molecular formula is C57H47N3. The fourth-order valence-electron chi connectivity index (χ4n) is 8.88. The first-order chi connectivity index (χ1) is 29.3. The zero-order chi connectivity index (χ0) is 40.9. The summed E-state index contributed by atoms with van der Waals surface area (Å²) in [5.41, 5.74) is 24.2. The molecule has 290 valence electrons. The molecule has 10 aromatic rings. The lowest BCUT2D eigenvalue weighted by atomic mass is 9.85. The molecule has 0 aliphatic carbocycles. The van der Waals surface area contributed by atoms with Gasteiger partial charge in [0.1, 0.15) is 0 Å². The summed E-state index contributed by atoms with van der Waals surface area (Å²) >= 11 is 0. The molecule has 0 atom stereocenters. The van der Waals surface area contributed by atoms with Gasteiger partial charge in [0.2, 0.25) is 0 Å². The van der Waals surface area contributed by atoms with Gasteiger partial charge >= 0.3 is 0 Å². The minimum Gasteiger partial charge on any atom is -0.326 e. The number of nitrogens with zero attached hydrogens (tertiary/aromatic N) is 2. The van der Waals surface area contributed by atoms with Gasteiger partial charge in [0.15, 0.2) is 0 Å². The maximum Gasteiger partial charge on any atom is 0.0462 e. The van der Waals surface area contributed by atoms with E-state index < -0.39 is 0 Å². The van der Waals surface area contributed by atoms with Crippen LogP contribution in [0.3, 0.4) is 0 Å². The van der Waals surface area contributed by atoms with Crippen molar-refractivity contribution in [2.24, 2.45) is 5.73 Å². The Kier molecular flexibility index (Phi) is 9.39. The number of rotatable bonds is 9. The topological polar surface area (TPSA) is 32.5 Å². The van der Waals surface area contributed by atoms with Crippen molar-refractivity contribution in [3.8, 4) is 22.3 Å². The molecule has 0 fully saturated rings. The lowest BCUT2D eigenvalue weighted by Crippen LogP contribution is -2.09. The number of hydrogen-bond acceptors (Lipinski definition) is 3. The Morgan fingerprint density at radius 3 is 1.08 bits per heavy atom. The number of hydrogen-bond donors (Lipinski definition) is 1. The Morgan fingerprint density at radius 1 is 0.333 bits per heavy atom. The molecule has 0 spiro atoms. The Hall–Kier alpha value is -7.20. The third-order valence-electron chi connectivity index (χ3n) is 12.1. The van der Waals surface area contributed by atoms with Crippen molar-refractivity contribution in [1.29, 1.82) is 0 Å². The second kappa shape index (κ2) is 15.2. The van der Waals surface area contributed by atoms with Gasteiger partial charge in [-0.1, -0.05) is 131 Å². The maximum atomic E-state index is 6.56. The van der Waals surface area contributed by atoms with E-state index in [-0.39, 0.29) is 0 Å². The molecule has 10 rings (SSSR count). The smallest absolute Gasteiger partial charge is 0.0462 e. The van der Waals surface area contributed by atoms with Crippen molar-refractivity contribution in [3.05, 3.63) is 216 Å². The van der Waals surface area contributed by atoms with Gasteiger partial charge < -0.3 is 15.5 Å². The summed E-state index contributed by atoms with van der Waals surface area (Å²) in [4.78, 5) is 4.66. The van der Waals surface area contributed by atoms with Crippen LogP contribution in [0, 0.1) is 27.7 Å². The molecule has 10 aromatic carbocycles. The fraction of sp³-hybridized carbons (Fsp3) is 0.0877. The minimum absolute atomic E-state index is 0.459. The van der Waals surface area contributed by atoms with E-state index in [1.54, 1.807) is 0 Å². The first kappa shape index (κ1) is 37.1. The van der Waals surface area contributed by atoms with Crippen molar-refractivity contribution in [1.82, 2.24) is 0 Å². The van der Waals surface area contributed by atoms with E-state index in [4.69, 9.17) is 5.73 Å². The molecule has 0 aliphatic rings. The molecule has 0 bridgehead atoms. The quantitative estimate of drug-likeness (QED) is 0.148. The molecule has 0 amide bonds. The van der Waals surface area contributed by atoms with Gasteiger partial charge in [-0.15, -0.1) is 0 Å². The van der Waals surface area contributed by atoms with Crippen LogP contribution in [-0.4, -0.2) is 0 Å². The monoisotopic (exact) mass is 773 g/mol.